The maximum atomic E-state index is 13.1. The molecule has 6 rings (SSSR count). The van der Waals surface area contributed by atoms with Gasteiger partial charge in [-0.2, -0.15) is 0 Å². The summed E-state index contributed by atoms with van der Waals surface area (Å²) in [6.45, 7) is 5.94. The fourth-order valence-electron chi connectivity index (χ4n) is 5.37. The molecule has 2 bridgehead atoms. The molecule has 5 heteroatoms. The zero-order valence-electron chi connectivity index (χ0n) is 18.0. The lowest BCUT2D eigenvalue weighted by Gasteiger charge is -2.51. The number of aliphatic hydroxyl groups is 1. The number of carbonyl (C=O) groups excluding carboxylic acids is 1. The van der Waals surface area contributed by atoms with E-state index in [0.29, 0.717) is 17.4 Å². The van der Waals surface area contributed by atoms with Gasteiger partial charge in [-0.25, -0.2) is 4.79 Å². The van der Waals surface area contributed by atoms with Crippen molar-refractivity contribution in [2.45, 2.75) is 31.1 Å². The first-order valence-electron chi connectivity index (χ1n) is 11.3. The topological polar surface area (TPSA) is 62.7 Å². The van der Waals surface area contributed by atoms with Crippen molar-refractivity contribution in [3.8, 4) is 0 Å². The number of nitrogens with zero attached hydrogens (tertiary/aromatic N) is 2. The third kappa shape index (κ3) is 3.83. The molecule has 1 unspecified atom stereocenters. The maximum absolute atomic E-state index is 13.1. The second-order valence-corrected chi connectivity index (χ2v) is 8.83. The molecule has 0 spiro atoms. The zero-order valence-corrected chi connectivity index (χ0v) is 18.0. The summed E-state index contributed by atoms with van der Waals surface area (Å²) in [5.74, 6) is 0.390. The van der Waals surface area contributed by atoms with Crippen molar-refractivity contribution < 1.29 is 14.6 Å². The number of rotatable bonds is 6. The molecule has 3 saturated heterocycles. The van der Waals surface area contributed by atoms with Gasteiger partial charge in [0.2, 0.25) is 0 Å². The molecule has 3 aromatic rings. The number of aliphatic hydroxyl groups excluding tert-OH is 1. The number of fused-ring (bicyclic) bond motifs is 4. The summed E-state index contributed by atoms with van der Waals surface area (Å²) >= 11 is 0. The summed E-state index contributed by atoms with van der Waals surface area (Å²) < 4.78 is 6.14. The van der Waals surface area contributed by atoms with Crippen molar-refractivity contribution in [3.05, 3.63) is 90.6 Å². The van der Waals surface area contributed by atoms with Gasteiger partial charge in [0.05, 0.1) is 11.6 Å². The van der Waals surface area contributed by atoms with Crippen LogP contribution in [-0.4, -0.2) is 40.1 Å². The molecule has 5 nitrogen and oxygen atoms in total. The van der Waals surface area contributed by atoms with Crippen molar-refractivity contribution in [1.82, 2.24) is 9.88 Å². The van der Waals surface area contributed by atoms with Gasteiger partial charge in [0.25, 0.3) is 0 Å². The predicted molar refractivity (Wildman–Crippen MR) is 124 cm³/mol. The normalized spacial score (nSPS) is 26.4. The minimum Gasteiger partial charge on any atom is -0.454 e. The lowest BCUT2D eigenvalue weighted by molar-refractivity contribution is -0.167. The summed E-state index contributed by atoms with van der Waals surface area (Å²) in [5.41, 5.74) is 2.35. The van der Waals surface area contributed by atoms with E-state index in [0.717, 1.165) is 42.4 Å². The van der Waals surface area contributed by atoms with Crippen LogP contribution in [0.4, 0.5) is 0 Å². The zero-order chi connectivity index (χ0) is 22.1. The minimum atomic E-state index is -1.32. The summed E-state index contributed by atoms with van der Waals surface area (Å²) in [5, 5.41) is 11.7. The smallest absolute Gasteiger partial charge is 0.340 e. The molecule has 0 amide bonds. The Morgan fingerprint density at radius 3 is 2.69 bits per heavy atom. The van der Waals surface area contributed by atoms with E-state index in [-0.39, 0.29) is 6.04 Å². The van der Waals surface area contributed by atoms with Crippen LogP contribution in [0.2, 0.25) is 0 Å². The third-order valence-corrected chi connectivity index (χ3v) is 7.07. The van der Waals surface area contributed by atoms with E-state index in [1.54, 1.807) is 30.5 Å². The van der Waals surface area contributed by atoms with E-state index < -0.39 is 18.2 Å². The molecule has 3 aliphatic rings. The fraction of sp³-hybridized carbons (Fsp3) is 0.333. The molecule has 0 saturated carbocycles. The fourth-order valence-corrected chi connectivity index (χ4v) is 5.37. The highest BCUT2D eigenvalue weighted by atomic mass is 16.6. The number of benzene rings is 2. The van der Waals surface area contributed by atoms with Crippen LogP contribution in [0.25, 0.3) is 10.9 Å². The predicted octanol–water partition coefficient (Wildman–Crippen LogP) is 4.45. The minimum absolute atomic E-state index is 0.0580. The standard InChI is InChI=1S/C27H28N2O3/c1-2-18-17-29-15-13-20(18)16-24(29)26(22-12-14-28-23-11-7-6-10-21(22)23)32-27(31)25(30)19-8-4-3-5-9-19/h2-12,14,18,20,24-26,30H,1,13,15-17H2/t18-,20+,24+,25+,26+/m0/s1. The van der Waals surface area contributed by atoms with Gasteiger partial charge >= 0.3 is 5.97 Å². The quantitative estimate of drug-likeness (QED) is 0.464. The Labute approximate surface area is 188 Å². The van der Waals surface area contributed by atoms with E-state index in [1.165, 1.54) is 0 Å². The van der Waals surface area contributed by atoms with E-state index in [2.05, 4.69) is 22.5 Å². The monoisotopic (exact) mass is 428 g/mol. The van der Waals surface area contributed by atoms with Gasteiger partial charge in [0, 0.05) is 23.7 Å². The van der Waals surface area contributed by atoms with Crippen molar-refractivity contribution in [1.29, 1.82) is 0 Å². The highest BCUT2D eigenvalue weighted by Gasteiger charge is 2.44. The average Bonchev–Trinajstić information content (AvgIpc) is 2.87. The molecule has 6 atom stereocenters. The van der Waals surface area contributed by atoms with E-state index in [1.807, 2.05) is 36.4 Å². The van der Waals surface area contributed by atoms with Gasteiger partial charge < -0.3 is 9.84 Å². The van der Waals surface area contributed by atoms with E-state index in [4.69, 9.17) is 4.74 Å². The number of hydrogen-bond donors (Lipinski definition) is 1. The van der Waals surface area contributed by atoms with Crippen LogP contribution in [0.5, 0.6) is 0 Å². The molecule has 4 heterocycles. The number of ether oxygens (including phenoxy) is 1. The molecule has 32 heavy (non-hydrogen) atoms. The van der Waals surface area contributed by atoms with Crippen LogP contribution >= 0.6 is 0 Å². The Bertz CT molecular complexity index is 1110. The molecule has 2 aromatic carbocycles. The molecule has 1 N–H and O–H groups in total. The molecule has 3 fully saturated rings. The second kappa shape index (κ2) is 8.85. The van der Waals surface area contributed by atoms with E-state index in [9.17, 15) is 9.90 Å². The van der Waals surface area contributed by atoms with Crippen LogP contribution in [0, 0.1) is 11.8 Å². The first-order chi connectivity index (χ1) is 15.7. The Morgan fingerprint density at radius 2 is 1.94 bits per heavy atom. The highest BCUT2D eigenvalue weighted by Crippen LogP contribution is 2.43. The first kappa shape index (κ1) is 20.9. The molecule has 0 radical (unpaired) electrons. The van der Waals surface area contributed by atoms with Crippen LogP contribution in [0.15, 0.2) is 79.5 Å². The summed E-state index contributed by atoms with van der Waals surface area (Å²) in [4.78, 5) is 20.0. The van der Waals surface area contributed by atoms with Crippen LogP contribution in [0.3, 0.4) is 0 Å². The largest absolute Gasteiger partial charge is 0.454 e. The lowest BCUT2D eigenvalue weighted by atomic mass is 9.73. The van der Waals surface area contributed by atoms with Crippen molar-refractivity contribution in [3.63, 3.8) is 0 Å². The number of hydrogen-bond acceptors (Lipinski definition) is 5. The van der Waals surface area contributed by atoms with Gasteiger partial charge in [-0.15, -0.1) is 6.58 Å². The average molecular weight is 429 g/mol. The summed E-state index contributed by atoms with van der Waals surface area (Å²) in [6.07, 6.45) is 4.11. The number of aromatic nitrogens is 1. The third-order valence-electron chi connectivity index (χ3n) is 7.07. The first-order valence-corrected chi connectivity index (χ1v) is 11.3. The van der Waals surface area contributed by atoms with Crippen molar-refractivity contribution in [2.75, 3.05) is 13.1 Å². The molecule has 1 aromatic heterocycles. The van der Waals surface area contributed by atoms with Gasteiger partial charge in [0.15, 0.2) is 6.10 Å². The molecule has 3 aliphatic heterocycles. The highest BCUT2D eigenvalue weighted by molar-refractivity contribution is 5.83. The van der Waals surface area contributed by atoms with Crippen LogP contribution in [-0.2, 0) is 9.53 Å². The van der Waals surface area contributed by atoms with E-state index >= 15 is 0 Å². The Morgan fingerprint density at radius 1 is 1.16 bits per heavy atom. The summed E-state index contributed by atoms with van der Waals surface area (Å²) in [7, 11) is 0. The van der Waals surface area contributed by atoms with Gasteiger partial charge in [-0.3, -0.25) is 9.88 Å². The maximum Gasteiger partial charge on any atom is 0.340 e. The number of pyridine rings is 1. The van der Waals surface area contributed by atoms with Gasteiger partial charge in [-0.05, 0) is 48.9 Å². The second-order valence-electron chi connectivity index (χ2n) is 8.83. The molecule has 0 aliphatic carbocycles. The van der Waals surface area contributed by atoms with Gasteiger partial charge in [-0.1, -0.05) is 54.6 Å². The number of piperidine rings is 3. The van der Waals surface area contributed by atoms with Crippen LogP contribution in [0.1, 0.15) is 36.2 Å². The van der Waals surface area contributed by atoms with Crippen molar-refractivity contribution in [2.24, 2.45) is 11.8 Å². The molecule has 164 valence electrons. The van der Waals surface area contributed by atoms with Gasteiger partial charge in [0.1, 0.15) is 6.10 Å². The molecular formula is C27H28N2O3. The number of para-hydroxylation sites is 1. The van der Waals surface area contributed by atoms with Crippen molar-refractivity contribution >= 4 is 16.9 Å². The summed E-state index contributed by atoms with van der Waals surface area (Å²) in [6, 6.07) is 18.9. The Hall–Kier alpha value is -3.02. The SMILES string of the molecule is C=C[C@H]1CN2CC[C@@H]1C[C@@H]2[C@H](OC(=O)[C@H](O)c1ccccc1)c1ccnc2ccccc12. The molecular weight excluding hydrogens is 400 g/mol. The van der Waals surface area contributed by atoms with Crippen LogP contribution < -0.4 is 0 Å². The lowest BCUT2D eigenvalue weighted by Crippen LogP contribution is -2.55. The number of esters is 1. The Kier molecular flexibility index (Phi) is 5.77. The Balaban J connectivity index is 1.51. The number of carbonyl (C=O) groups is 1.